The third-order valence-corrected chi connectivity index (χ3v) is 5.73. The van der Waals surface area contributed by atoms with E-state index in [-0.39, 0.29) is 11.8 Å². The second-order valence-corrected chi connectivity index (χ2v) is 7.50. The molecule has 0 atom stereocenters. The van der Waals surface area contributed by atoms with Crippen molar-refractivity contribution in [3.63, 3.8) is 0 Å². The minimum absolute atomic E-state index is 0.0931. The van der Waals surface area contributed by atoms with Crippen molar-refractivity contribution >= 4 is 23.2 Å². The number of carboxylic acids is 1. The van der Waals surface area contributed by atoms with Gasteiger partial charge in [-0.25, -0.2) is 4.68 Å². The van der Waals surface area contributed by atoms with Gasteiger partial charge in [-0.1, -0.05) is 24.3 Å². The molecule has 0 aliphatic carbocycles. The zero-order valence-corrected chi connectivity index (χ0v) is 15.4. The Hall–Kier alpha value is -2.93. The number of carboxylic acid groups (broad SMARTS) is 1. The maximum Gasteiger partial charge on any atom is 0.306 e. The molecule has 0 unspecified atom stereocenters. The van der Waals surface area contributed by atoms with Gasteiger partial charge in [0.05, 0.1) is 22.0 Å². The quantitative estimate of drug-likeness (QED) is 0.750. The molecule has 0 bridgehead atoms. The van der Waals surface area contributed by atoms with Gasteiger partial charge in [0.25, 0.3) is 5.91 Å². The molecular weight excluding hydrogens is 362 g/mol. The minimum atomic E-state index is -0.779. The summed E-state index contributed by atoms with van der Waals surface area (Å²) in [7, 11) is 0. The van der Waals surface area contributed by atoms with Crippen molar-refractivity contribution < 1.29 is 14.7 Å². The zero-order chi connectivity index (χ0) is 18.8. The highest BCUT2D eigenvalue weighted by Gasteiger charge is 2.30. The van der Waals surface area contributed by atoms with Crippen LogP contribution in [0.2, 0.25) is 0 Å². The summed E-state index contributed by atoms with van der Waals surface area (Å²) in [6.07, 6.45) is 2.75. The number of carbonyl (C=O) groups excluding carboxylic acids is 1. The van der Waals surface area contributed by atoms with E-state index in [0.717, 1.165) is 10.6 Å². The first-order chi connectivity index (χ1) is 13.1. The van der Waals surface area contributed by atoms with E-state index in [9.17, 15) is 9.59 Å². The number of aromatic nitrogens is 2. The molecule has 7 heteroatoms. The van der Waals surface area contributed by atoms with Crippen LogP contribution in [0.15, 0.2) is 54.0 Å². The third kappa shape index (κ3) is 3.50. The van der Waals surface area contributed by atoms with Crippen molar-refractivity contribution in [3.05, 3.63) is 59.6 Å². The number of likely N-dealkylation sites (tertiary alicyclic amines) is 1. The molecule has 1 amide bonds. The number of aliphatic carboxylic acids is 1. The molecule has 2 aromatic heterocycles. The molecule has 1 fully saturated rings. The topological polar surface area (TPSA) is 75.4 Å². The lowest BCUT2D eigenvalue weighted by Gasteiger charge is -2.30. The largest absolute Gasteiger partial charge is 0.481 e. The molecule has 3 aromatic rings. The SMILES string of the molecule is O=C(O)C1CCN(C(=O)c2cn(-c3ccccc3)nc2-c2cccs2)CC1. The number of thiophene rings is 1. The van der Waals surface area contributed by atoms with Gasteiger partial charge < -0.3 is 10.0 Å². The number of carbonyl (C=O) groups is 2. The summed E-state index contributed by atoms with van der Waals surface area (Å²) in [6.45, 7) is 0.909. The van der Waals surface area contributed by atoms with Crippen LogP contribution in [0.25, 0.3) is 16.3 Å². The van der Waals surface area contributed by atoms with Crippen molar-refractivity contribution in [3.8, 4) is 16.3 Å². The fraction of sp³-hybridized carbons (Fsp3) is 0.250. The highest BCUT2D eigenvalue weighted by Crippen LogP contribution is 2.29. The normalized spacial score (nSPS) is 15.0. The van der Waals surface area contributed by atoms with Gasteiger partial charge in [0.15, 0.2) is 0 Å². The van der Waals surface area contributed by atoms with Crippen LogP contribution in [0.1, 0.15) is 23.2 Å². The number of piperidine rings is 1. The Balaban J connectivity index is 1.66. The number of hydrogen-bond acceptors (Lipinski definition) is 4. The predicted molar refractivity (Wildman–Crippen MR) is 103 cm³/mol. The summed E-state index contributed by atoms with van der Waals surface area (Å²) < 4.78 is 1.73. The summed E-state index contributed by atoms with van der Waals surface area (Å²) in [5.41, 5.74) is 2.10. The summed E-state index contributed by atoms with van der Waals surface area (Å²) in [5, 5.41) is 15.8. The summed E-state index contributed by atoms with van der Waals surface area (Å²) >= 11 is 1.54. The highest BCUT2D eigenvalue weighted by molar-refractivity contribution is 7.13. The molecule has 0 radical (unpaired) electrons. The second kappa shape index (κ2) is 7.36. The lowest BCUT2D eigenvalue weighted by molar-refractivity contribution is -0.143. The van der Waals surface area contributed by atoms with Crippen molar-refractivity contribution in [2.75, 3.05) is 13.1 Å². The van der Waals surface area contributed by atoms with Crippen LogP contribution in [-0.4, -0.2) is 44.8 Å². The number of amides is 1. The third-order valence-electron chi connectivity index (χ3n) is 4.85. The molecular formula is C20H19N3O3S. The van der Waals surface area contributed by atoms with E-state index in [1.54, 1.807) is 27.1 Å². The summed E-state index contributed by atoms with van der Waals surface area (Å²) in [4.78, 5) is 27.0. The second-order valence-electron chi connectivity index (χ2n) is 6.55. The molecule has 0 spiro atoms. The fourth-order valence-corrected chi connectivity index (χ4v) is 4.06. The smallest absolute Gasteiger partial charge is 0.306 e. The van der Waals surface area contributed by atoms with Crippen molar-refractivity contribution in [1.29, 1.82) is 0 Å². The monoisotopic (exact) mass is 381 g/mol. The van der Waals surface area contributed by atoms with Crippen molar-refractivity contribution in [1.82, 2.24) is 14.7 Å². The molecule has 1 aliphatic heterocycles. The van der Waals surface area contributed by atoms with Gasteiger partial charge in [0.2, 0.25) is 0 Å². The van der Waals surface area contributed by atoms with Gasteiger partial charge >= 0.3 is 5.97 Å². The molecule has 4 rings (SSSR count). The van der Waals surface area contributed by atoms with E-state index >= 15 is 0 Å². The van der Waals surface area contributed by atoms with Crippen LogP contribution in [-0.2, 0) is 4.79 Å². The van der Waals surface area contributed by atoms with Gasteiger partial charge in [0.1, 0.15) is 5.69 Å². The van der Waals surface area contributed by atoms with Gasteiger partial charge in [-0.15, -0.1) is 11.3 Å². The van der Waals surface area contributed by atoms with Crippen LogP contribution >= 0.6 is 11.3 Å². The van der Waals surface area contributed by atoms with Gasteiger partial charge in [-0.3, -0.25) is 9.59 Å². The van der Waals surface area contributed by atoms with Crippen LogP contribution in [0.3, 0.4) is 0 Å². The number of nitrogens with zero attached hydrogens (tertiary/aromatic N) is 3. The Bertz CT molecular complexity index is 942. The van der Waals surface area contributed by atoms with Crippen LogP contribution < -0.4 is 0 Å². The van der Waals surface area contributed by atoms with E-state index in [4.69, 9.17) is 5.11 Å². The lowest BCUT2D eigenvalue weighted by atomic mass is 9.96. The van der Waals surface area contributed by atoms with Gasteiger partial charge in [-0.2, -0.15) is 5.10 Å². The summed E-state index contributed by atoms with van der Waals surface area (Å²) in [5.74, 6) is -1.24. The number of para-hydroxylation sites is 1. The Morgan fingerprint density at radius 1 is 1.07 bits per heavy atom. The standard InChI is InChI=1S/C20H19N3O3S/c24-19(22-10-8-14(9-11-22)20(25)26)16-13-23(15-5-2-1-3-6-15)21-18(16)17-7-4-12-27-17/h1-7,12-14H,8-11H2,(H,25,26). The van der Waals surface area contributed by atoms with Crippen LogP contribution in [0.4, 0.5) is 0 Å². The Morgan fingerprint density at radius 3 is 2.44 bits per heavy atom. The average Bonchev–Trinajstić information content (AvgIpc) is 3.38. The Labute approximate surface area is 160 Å². The lowest BCUT2D eigenvalue weighted by Crippen LogP contribution is -2.40. The summed E-state index contributed by atoms with van der Waals surface area (Å²) in [6, 6.07) is 13.6. The van der Waals surface area contributed by atoms with Crippen molar-refractivity contribution in [2.45, 2.75) is 12.8 Å². The molecule has 3 heterocycles. The number of hydrogen-bond donors (Lipinski definition) is 1. The number of benzene rings is 1. The Morgan fingerprint density at radius 2 is 1.81 bits per heavy atom. The van der Waals surface area contributed by atoms with E-state index in [0.29, 0.717) is 37.2 Å². The minimum Gasteiger partial charge on any atom is -0.481 e. The average molecular weight is 381 g/mol. The molecule has 1 aromatic carbocycles. The van der Waals surface area contributed by atoms with Gasteiger partial charge in [-0.05, 0) is 36.4 Å². The molecule has 6 nitrogen and oxygen atoms in total. The predicted octanol–water partition coefficient (Wildman–Crippen LogP) is 3.54. The molecule has 1 saturated heterocycles. The van der Waals surface area contributed by atoms with E-state index in [1.165, 1.54) is 0 Å². The molecule has 1 N–H and O–H groups in total. The van der Waals surface area contributed by atoms with Gasteiger partial charge in [0, 0.05) is 19.3 Å². The van der Waals surface area contributed by atoms with Crippen molar-refractivity contribution in [2.24, 2.45) is 5.92 Å². The molecule has 27 heavy (non-hydrogen) atoms. The Kier molecular flexibility index (Phi) is 4.77. The van der Waals surface area contributed by atoms with Crippen LogP contribution in [0.5, 0.6) is 0 Å². The fourth-order valence-electron chi connectivity index (χ4n) is 3.34. The zero-order valence-electron chi connectivity index (χ0n) is 14.6. The van der Waals surface area contributed by atoms with Crippen LogP contribution in [0, 0.1) is 5.92 Å². The molecule has 138 valence electrons. The first-order valence-electron chi connectivity index (χ1n) is 8.84. The maximum absolute atomic E-state index is 13.2. The first kappa shape index (κ1) is 17.5. The first-order valence-corrected chi connectivity index (χ1v) is 9.72. The number of rotatable bonds is 4. The van der Waals surface area contributed by atoms with E-state index in [1.807, 2.05) is 47.8 Å². The molecule has 0 saturated carbocycles. The van der Waals surface area contributed by atoms with E-state index in [2.05, 4.69) is 5.10 Å². The maximum atomic E-state index is 13.2. The van der Waals surface area contributed by atoms with E-state index < -0.39 is 5.97 Å². The molecule has 1 aliphatic rings. The highest BCUT2D eigenvalue weighted by atomic mass is 32.1.